The number of benzene rings is 1. The zero-order chi connectivity index (χ0) is 16.1. The molecule has 120 valence electrons. The van der Waals surface area contributed by atoms with Gasteiger partial charge >= 0.3 is 0 Å². The molecule has 1 aliphatic heterocycles. The minimum absolute atomic E-state index is 0.00791. The number of methoxy groups -OCH3 is 1. The third kappa shape index (κ3) is 3.59. The molecule has 1 fully saturated rings. The Labute approximate surface area is 135 Å². The van der Waals surface area contributed by atoms with Crippen LogP contribution in [0.5, 0.6) is 5.75 Å². The standard InChI is InChI=1S/C17H20N4O2/c1-23-15-8-4-3-7-14(15)20-17-18-11-13(12-19-17)16(22)21-9-5-2-6-10-21/h3-4,7-8,11-12H,2,5-6,9-10H2,1H3,(H,18,19,20). The molecule has 0 saturated carbocycles. The molecule has 1 N–H and O–H groups in total. The van der Waals surface area contributed by atoms with Gasteiger partial charge in [-0.2, -0.15) is 0 Å². The van der Waals surface area contributed by atoms with Crippen LogP contribution in [0.4, 0.5) is 11.6 Å². The number of nitrogens with one attached hydrogen (secondary N) is 1. The van der Waals surface area contributed by atoms with Gasteiger partial charge in [-0.1, -0.05) is 12.1 Å². The number of likely N-dealkylation sites (tertiary alicyclic amines) is 1. The van der Waals surface area contributed by atoms with Crippen molar-refractivity contribution in [3.63, 3.8) is 0 Å². The Morgan fingerprint density at radius 1 is 1.13 bits per heavy atom. The number of para-hydroxylation sites is 2. The Balaban J connectivity index is 1.70. The van der Waals surface area contributed by atoms with Gasteiger partial charge in [0.25, 0.3) is 5.91 Å². The lowest BCUT2D eigenvalue weighted by atomic mass is 10.1. The number of anilines is 2. The zero-order valence-corrected chi connectivity index (χ0v) is 13.2. The highest BCUT2D eigenvalue weighted by Crippen LogP contribution is 2.25. The topological polar surface area (TPSA) is 67.3 Å². The molecule has 0 spiro atoms. The van der Waals surface area contributed by atoms with Crippen LogP contribution >= 0.6 is 0 Å². The Morgan fingerprint density at radius 3 is 2.52 bits per heavy atom. The van der Waals surface area contributed by atoms with Crippen LogP contribution < -0.4 is 10.1 Å². The summed E-state index contributed by atoms with van der Waals surface area (Å²) >= 11 is 0. The molecule has 6 heteroatoms. The summed E-state index contributed by atoms with van der Waals surface area (Å²) in [6.45, 7) is 1.64. The first kappa shape index (κ1) is 15.3. The average Bonchev–Trinajstić information content (AvgIpc) is 2.63. The van der Waals surface area contributed by atoms with E-state index in [0.717, 1.165) is 31.6 Å². The molecule has 23 heavy (non-hydrogen) atoms. The van der Waals surface area contributed by atoms with E-state index in [1.54, 1.807) is 19.5 Å². The Morgan fingerprint density at radius 2 is 1.83 bits per heavy atom. The predicted molar refractivity (Wildman–Crippen MR) is 88.1 cm³/mol. The van der Waals surface area contributed by atoms with E-state index in [1.165, 1.54) is 6.42 Å². The van der Waals surface area contributed by atoms with E-state index in [-0.39, 0.29) is 5.91 Å². The van der Waals surface area contributed by atoms with Crippen molar-refractivity contribution in [3.8, 4) is 5.75 Å². The van der Waals surface area contributed by atoms with Crippen molar-refractivity contribution in [2.24, 2.45) is 0 Å². The Kier molecular flexibility index (Phi) is 4.71. The minimum Gasteiger partial charge on any atom is -0.495 e. The SMILES string of the molecule is COc1ccccc1Nc1ncc(C(=O)N2CCCCC2)cn1. The van der Waals surface area contributed by atoms with Crippen molar-refractivity contribution in [1.82, 2.24) is 14.9 Å². The van der Waals surface area contributed by atoms with Crippen molar-refractivity contribution < 1.29 is 9.53 Å². The number of rotatable bonds is 4. The summed E-state index contributed by atoms with van der Waals surface area (Å²) in [4.78, 5) is 22.7. The molecule has 6 nitrogen and oxygen atoms in total. The summed E-state index contributed by atoms with van der Waals surface area (Å²) in [5, 5.41) is 3.10. The van der Waals surface area contributed by atoms with E-state index < -0.39 is 0 Å². The molecule has 1 amide bonds. The van der Waals surface area contributed by atoms with Crippen molar-refractivity contribution >= 4 is 17.5 Å². The number of hydrogen-bond donors (Lipinski definition) is 1. The molecule has 0 aliphatic carbocycles. The largest absolute Gasteiger partial charge is 0.495 e. The van der Waals surface area contributed by atoms with Crippen LogP contribution in [0.3, 0.4) is 0 Å². The van der Waals surface area contributed by atoms with Gasteiger partial charge in [0.15, 0.2) is 0 Å². The molecule has 0 atom stereocenters. The number of carbonyl (C=O) groups is 1. The van der Waals surface area contributed by atoms with Gasteiger partial charge in [-0.25, -0.2) is 9.97 Å². The molecule has 2 heterocycles. The number of piperidine rings is 1. The van der Waals surface area contributed by atoms with Crippen LogP contribution in [-0.2, 0) is 0 Å². The number of carbonyl (C=O) groups excluding carboxylic acids is 1. The lowest BCUT2D eigenvalue weighted by Gasteiger charge is -2.26. The molecule has 0 bridgehead atoms. The fraction of sp³-hybridized carbons (Fsp3) is 0.353. The highest BCUT2D eigenvalue weighted by molar-refractivity contribution is 5.93. The van der Waals surface area contributed by atoms with E-state index >= 15 is 0 Å². The minimum atomic E-state index is 0.00791. The smallest absolute Gasteiger partial charge is 0.256 e. The summed E-state index contributed by atoms with van der Waals surface area (Å²) in [6, 6.07) is 7.54. The van der Waals surface area contributed by atoms with Crippen molar-refractivity contribution in [3.05, 3.63) is 42.2 Å². The second-order valence-corrected chi connectivity index (χ2v) is 5.47. The molecule has 1 aromatic carbocycles. The van der Waals surface area contributed by atoms with Gasteiger partial charge in [-0.3, -0.25) is 4.79 Å². The quantitative estimate of drug-likeness (QED) is 0.940. The Bertz CT molecular complexity index is 667. The predicted octanol–water partition coefficient (Wildman–Crippen LogP) is 2.85. The number of ether oxygens (including phenoxy) is 1. The first-order chi connectivity index (χ1) is 11.3. The van der Waals surface area contributed by atoms with Gasteiger partial charge in [-0.05, 0) is 31.4 Å². The van der Waals surface area contributed by atoms with E-state index in [1.807, 2.05) is 29.2 Å². The second kappa shape index (κ2) is 7.09. The van der Waals surface area contributed by atoms with Crippen molar-refractivity contribution in [2.75, 3.05) is 25.5 Å². The van der Waals surface area contributed by atoms with Gasteiger partial charge in [0.05, 0.1) is 18.4 Å². The van der Waals surface area contributed by atoms with Gasteiger partial charge in [0, 0.05) is 25.5 Å². The molecule has 3 rings (SSSR count). The highest BCUT2D eigenvalue weighted by Gasteiger charge is 2.18. The monoisotopic (exact) mass is 312 g/mol. The average molecular weight is 312 g/mol. The van der Waals surface area contributed by atoms with Gasteiger partial charge in [0.1, 0.15) is 5.75 Å². The summed E-state index contributed by atoms with van der Waals surface area (Å²) in [5.41, 5.74) is 1.31. The van der Waals surface area contributed by atoms with Gasteiger partial charge < -0.3 is 15.0 Å². The first-order valence-electron chi connectivity index (χ1n) is 7.79. The number of aromatic nitrogens is 2. The number of amides is 1. The molecule has 0 unspecified atom stereocenters. The van der Waals surface area contributed by atoms with Crippen LogP contribution in [0, 0.1) is 0 Å². The number of hydrogen-bond acceptors (Lipinski definition) is 5. The maximum absolute atomic E-state index is 12.4. The molecule has 2 aromatic rings. The molecule has 1 aliphatic rings. The van der Waals surface area contributed by atoms with Crippen LogP contribution in [0.1, 0.15) is 29.6 Å². The second-order valence-electron chi connectivity index (χ2n) is 5.47. The molecule has 1 aromatic heterocycles. The van der Waals surface area contributed by atoms with Crippen molar-refractivity contribution in [2.45, 2.75) is 19.3 Å². The van der Waals surface area contributed by atoms with E-state index in [0.29, 0.717) is 17.3 Å². The van der Waals surface area contributed by atoms with Gasteiger partial charge in [-0.15, -0.1) is 0 Å². The van der Waals surface area contributed by atoms with Crippen LogP contribution in [0.15, 0.2) is 36.7 Å². The van der Waals surface area contributed by atoms with Crippen LogP contribution in [-0.4, -0.2) is 41.0 Å². The fourth-order valence-electron chi connectivity index (χ4n) is 2.65. The summed E-state index contributed by atoms with van der Waals surface area (Å²) in [5.74, 6) is 1.16. The summed E-state index contributed by atoms with van der Waals surface area (Å²) in [6.07, 6.45) is 6.48. The van der Waals surface area contributed by atoms with Crippen LogP contribution in [0.25, 0.3) is 0 Å². The third-order valence-corrected chi connectivity index (χ3v) is 3.90. The molecular formula is C17H20N4O2. The normalized spacial score (nSPS) is 14.4. The van der Waals surface area contributed by atoms with E-state index in [2.05, 4.69) is 15.3 Å². The zero-order valence-electron chi connectivity index (χ0n) is 13.2. The van der Waals surface area contributed by atoms with E-state index in [9.17, 15) is 4.79 Å². The third-order valence-electron chi connectivity index (χ3n) is 3.90. The lowest BCUT2D eigenvalue weighted by molar-refractivity contribution is 0.0723. The van der Waals surface area contributed by atoms with Crippen LogP contribution in [0.2, 0.25) is 0 Å². The Hall–Kier alpha value is -2.63. The first-order valence-corrected chi connectivity index (χ1v) is 7.79. The molecular weight excluding hydrogens is 292 g/mol. The summed E-state index contributed by atoms with van der Waals surface area (Å²) < 4.78 is 5.28. The molecule has 1 saturated heterocycles. The highest BCUT2D eigenvalue weighted by atomic mass is 16.5. The number of nitrogens with zero attached hydrogens (tertiary/aromatic N) is 3. The van der Waals surface area contributed by atoms with Crippen molar-refractivity contribution in [1.29, 1.82) is 0 Å². The van der Waals surface area contributed by atoms with E-state index in [4.69, 9.17) is 4.74 Å². The lowest BCUT2D eigenvalue weighted by Crippen LogP contribution is -2.35. The maximum atomic E-state index is 12.4. The van der Waals surface area contributed by atoms with Gasteiger partial charge in [0.2, 0.25) is 5.95 Å². The summed E-state index contributed by atoms with van der Waals surface area (Å²) in [7, 11) is 1.61. The molecule has 0 radical (unpaired) electrons. The maximum Gasteiger partial charge on any atom is 0.256 e. The fourth-order valence-corrected chi connectivity index (χ4v) is 2.65.